The van der Waals surface area contributed by atoms with Gasteiger partial charge in [0.25, 0.3) is 0 Å². The number of amides is 1. The smallest absolute Gasteiger partial charge is 0.224 e. The lowest BCUT2D eigenvalue weighted by molar-refractivity contribution is -0.121. The molecule has 116 valence electrons. The molecule has 3 heteroatoms. The Labute approximate surface area is 135 Å². The highest BCUT2D eigenvalue weighted by Gasteiger charge is 2.23. The van der Waals surface area contributed by atoms with Gasteiger partial charge in [-0.1, -0.05) is 42.5 Å². The molecule has 3 aromatic rings. The van der Waals surface area contributed by atoms with Crippen molar-refractivity contribution in [3.63, 3.8) is 0 Å². The molecular weight excluding hydrogens is 284 g/mol. The number of aromatic amines is 1. The highest BCUT2D eigenvalue weighted by Crippen LogP contribution is 2.24. The first kappa shape index (κ1) is 14.1. The Morgan fingerprint density at radius 2 is 1.74 bits per heavy atom. The number of aryl methyl sites for hydroxylation is 1. The van der Waals surface area contributed by atoms with E-state index >= 15 is 0 Å². The minimum Gasteiger partial charge on any atom is -0.358 e. The second-order valence-electron chi connectivity index (χ2n) is 6.39. The van der Waals surface area contributed by atoms with Gasteiger partial charge < -0.3 is 10.3 Å². The van der Waals surface area contributed by atoms with Crippen molar-refractivity contribution in [3.8, 4) is 0 Å². The van der Waals surface area contributed by atoms with Crippen molar-refractivity contribution < 1.29 is 4.79 Å². The van der Waals surface area contributed by atoms with E-state index in [9.17, 15) is 4.79 Å². The van der Waals surface area contributed by atoms with Gasteiger partial charge in [-0.3, -0.25) is 4.79 Å². The van der Waals surface area contributed by atoms with Crippen molar-refractivity contribution in [2.24, 2.45) is 0 Å². The van der Waals surface area contributed by atoms with Gasteiger partial charge in [0, 0.05) is 22.6 Å². The molecule has 2 N–H and O–H groups in total. The van der Waals surface area contributed by atoms with E-state index in [0.29, 0.717) is 6.42 Å². The maximum absolute atomic E-state index is 12.5. The first-order chi connectivity index (χ1) is 11.2. The van der Waals surface area contributed by atoms with Crippen LogP contribution in [0.5, 0.6) is 0 Å². The van der Waals surface area contributed by atoms with E-state index < -0.39 is 0 Å². The SMILES string of the molecule is Cc1[nH]c2ccccc2c1CC(=O)NC1Cc2ccccc2C1. The van der Waals surface area contributed by atoms with Crippen LogP contribution in [0, 0.1) is 6.92 Å². The highest BCUT2D eigenvalue weighted by molar-refractivity contribution is 5.90. The number of para-hydroxylation sites is 1. The first-order valence-electron chi connectivity index (χ1n) is 8.13. The molecule has 0 radical (unpaired) electrons. The summed E-state index contributed by atoms with van der Waals surface area (Å²) < 4.78 is 0. The van der Waals surface area contributed by atoms with Crippen LogP contribution in [0.15, 0.2) is 48.5 Å². The lowest BCUT2D eigenvalue weighted by Crippen LogP contribution is -2.36. The van der Waals surface area contributed by atoms with Gasteiger partial charge in [-0.05, 0) is 42.5 Å². The summed E-state index contributed by atoms with van der Waals surface area (Å²) in [5, 5.41) is 4.35. The van der Waals surface area contributed by atoms with Crippen LogP contribution in [0.4, 0.5) is 0 Å². The van der Waals surface area contributed by atoms with Gasteiger partial charge >= 0.3 is 0 Å². The summed E-state index contributed by atoms with van der Waals surface area (Å²) in [5.74, 6) is 0.107. The van der Waals surface area contributed by atoms with Crippen LogP contribution in [0.25, 0.3) is 10.9 Å². The molecule has 1 aromatic heterocycles. The molecule has 1 heterocycles. The average Bonchev–Trinajstić information content (AvgIpc) is 3.08. The topological polar surface area (TPSA) is 44.9 Å². The molecule has 4 rings (SSSR count). The molecule has 1 amide bonds. The van der Waals surface area contributed by atoms with Gasteiger partial charge in [0.15, 0.2) is 0 Å². The van der Waals surface area contributed by atoms with Crippen LogP contribution >= 0.6 is 0 Å². The summed E-state index contributed by atoms with van der Waals surface area (Å²) in [6.07, 6.45) is 2.31. The second-order valence-corrected chi connectivity index (χ2v) is 6.39. The number of fused-ring (bicyclic) bond motifs is 2. The van der Waals surface area contributed by atoms with E-state index in [1.54, 1.807) is 0 Å². The normalized spacial score (nSPS) is 14.1. The zero-order valence-corrected chi connectivity index (χ0v) is 13.2. The standard InChI is InChI=1S/C20H20N2O/c1-13-18(17-8-4-5-9-19(17)21-13)12-20(23)22-16-10-14-6-2-3-7-15(14)11-16/h2-9,16,21H,10-12H2,1H3,(H,22,23). The van der Waals surface area contributed by atoms with Gasteiger partial charge in [0.05, 0.1) is 6.42 Å². The molecule has 0 unspecified atom stereocenters. The Kier molecular flexibility index (Phi) is 3.41. The molecule has 3 nitrogen and oxygen atoms in total. The fourth-order valence-corrected chi connectivity index (χ4v) is 3.66. The van der Waals surface area contributed by atoms with Gasteiger partial charge in [0.2, 0.25) is 5.91 Å². The number of hydrogen-bond acceptors (Lipinski definition) is 1. The minimum absolute atomic E-state index is 0.107. The number of rotatable bonds is 3. The molecule has 0 bridgehead atoms. The van der Waals surface area contributed by atoms with Gasteiger partial charge in [-0.2, -0.15) is 0 Å². The average molecular weight is 304 g/mol. The van der Waals surface area contributed by atoms with Crippen molar-refractivity contribution in [3.05, 3.63) is 70.9 Å². The molecule has 0 fully saturated rings. The Hall–Kier alpha value is -2.55. The highest BCUT2D eigenvalue weighted by atomic mass is 16.1. The zero-order chi connectivity index (χ0) is 15.8. The van der Waals surface area contributed by atoms with E-state index in [2.05, 4.69) is 46.7 Å². The summed E-state index contributed by atoms with van der Waals surface area (Å²) in [7, 11) is 0. The summed E-state index contributed by atoms with van der Waals surface area (Å²) in [6, 6.07) is 16.8. The van der Waals surface area contributed by atoms with Crippen LogP contribution in [0.3, 0.4) is 0 Å². The van der Waals surface area contributed by atoms with Crippen molar-refractivity contribution in [1.82, 2.24) is 10.3 Å². The van der Waals surface area contributed by atoms with E-state index in [0.717, 1.165) is 35.0 Å². The lowest BCUT2D eigenvalue weighted by atomic mass is 10.1. The number of nitrogens with one attached hydrogen (secondary N) is 2. The Balaban J connectivity index is 1.47. The van der Waals surface area contributed by atoms with E-state index in [1.165, 1.54) is 11.1 Å². The Bertz CT molecular complexity index is 853. The molecule has 1 aliphatic rings. The van der Waals surface area contributed by atoms with Gasteiger partial charge in [-0.25, -0.2) is 0 Å². The summed E-state index contributed by atoms with van der Waals surface area (Å²) in [4.78, 5) is 15.8. The number of aromatic nitrogens is 1. The number of carbonyl (C=O) groups is 1. The van der Waals surface area contributed by atoms with E-state index in [1.807, 2.05) is 19.1 Å². The third-order valence-electron chi connectivity index (χ3n) is 4.78. The fourth-order valence-electron chi connectivity index (χ4n) is 3.66. The first-order valence-corrected chi connectivity index (χ1v) is 8.13. The second kappa shape index (κ2) is 5.58. The molecule has 23 heavy (non-hydrogen) atoms. The molecule has 1 aliphatic carbocycles. The summed E-state index contributed by atoms with van der Waals surface area (Å²) in [6.45, 7) is 2.04. The summed E-state index contributed by atoms with van der Waals surface area (Å²) in [5.41, 5.74) is 6.01. The molecular formula is C20H20N2O. The third kappa shape index (κ3) is 2.63. The van der Waals surface area contributed by atoms with Crippen molar-refractivity contribution in [2.75, 3.05) is 0 Å². The third-order valence-corrected chi connectivity index (χ3v) is 4.78. The summed E-state index contributed by atoms with van der Waals surface area (Å²) >= 11 is 0. The van der Waals surface area contributed by atoms with Crippen molar-refractivity contribution >= 4 is 16.8 Å². The van der Waals surface area contributed by atoms with Crippen LogP contribution in [-0.4, -0.2) is 16.9 Å². The Morgan fingerprint density at radius 1 is 1.09 bits per heavy atom. The van der Waals surface area contributed by atoms with Crippen molar-refractivity contribution in [2.45, 2.75) is 32.2 Å². The lowest BCUT2D eigenvalue weighted by Gasteiger charge is -2.12. The van der Waals surface area contributed by atoms with Gasteiger partial charge in [0.1, 0.15) is 0 Å². The largest absolute Gasteiger partial charge is 0.358 e. The number of carbonyl (C=O) groups excluding carboxylic acids is 1. The molecule has 2 aromatic carbocycles. The van der Waals surface area contributed by atoms with Gasteiger partial charge in [-0.15, -0.1) is 0 Å². The molecule has 0 saturated carbocycles. The Morgan fingerprint density at radius 3 is 2.48 bits per heavy atom. The molecule has 0 spiro atoms. The molecule has 0 saturated heterocycles. The predicted octanol–water partition coefficient (Wildman–Crippen LogP) is 3.30. The van der Waals surface area contributed by atoms with E-state index in [-0.39, 0.29) is 11.9 Å². The maximum Gasteiger partial charge on any atom is 0.224 e. The van der Waals surface area contributed by atoms with Crippen LogP contribution in [0.1, 0.15) is 22.4 Å². The number of benzene rings is 2. The fraction of sp³-hybridized carbons (Fsp3) is 0.250. The monoisotopic (exact) mass is 304 g/mol. The van der Waals surface area contributed by atoms with Crippen molar-refractivity contribution in [1.29, 1.82) is 0 Å². The number of H-pyrrole nitrogens is 1. The van der Waals surface area contributed by atoms with Crippen LogP contribution in [-0.2, 0) is 24.1 Å². The number of hydrogen-bond donors (Lipinski definition) is 2. The van der Waals surface area contributed by atoms with Crippen LogP contribution < -0.4 is 5.32 Å². The van der Waals surface area contributed by atoms with E-state index in [4.69, 9.17) is 0 Å². The minimum atomic E-state index is 0.107. The predicted molar refractivity (Wildman–Crippen MR) is 92.5 cm³/mol. The molecule has 0 atom stereocenters. The quantitative estimate of drug-likeness (QED) is 0.766. The maximum atomic E-state index is 12.5. The zero-order valence-electron chi connectivity index (χ0n) is 13.2. The van der Waals surface area contributed by atoms with Crippen LogP contribution in [0.2, 0.25) is 0 Å². The molecule has 0 aliphatic heterocycles.